The molecule has 9 heteroatoms. The monoisotopic (exact) mass is 393 g/mol. The summed E-state index contributed by atoms with van der Waals surface area (Å²) in [6.45, 7) is 2.14. The molecule has 0 aromatic carbocycles. The van der Waals surface area contributed by atoms with Crippen molar-refractivity contribution in [2.45, 2.75) is 31.4 Å². The number of hydrogen-bond acceptors (Lipinski definition) is 6. The second kappa shape index (κ2) is 9.20. The van der Waals surface area contributed by atoms with Crippen LogP contribution in [0.4, 0.5) is 0 Å². The number of likely N-dealkylation sites (tertiary alicyclic amines) is 1. The zero-order chi connectivity index (χ0) is 20.1. The lowest BCUT2D eigenvalue weighted by Gasteiger charge is -2.40. The molecule has 2 saturated heterocycles. The first-order valence-electron chi connectivity index (χ1n) is 9.61. The predicted molar refractivity (Wildman–Crippen MR) is 98.8 cm³/mol. The fourth-order valence-corrected chi connectivity index (χ4v) is 3.86. The van der Waals surface area contributed by atoms with Crippen LogP contribution >= 0.6 is 0 Å². The van der Waals surface area contributed by atoms with Crippen molar-refractivity contribution in [2.75, 3.05) is 46.4 Å². The van der Waals surface area contributed by atoms with Gasteiger partial charge in [0.25, 0.3) is 5.91 Å². The van der Waals surface area contributed by atoms with Crippen molar-refractivity contribution >= 4 is 17.8 Å². The van der Waals surface area contributed by atoms with Crippen LogP contribution < -0.4 is 0 Å². The third kappa shape index (κ3) is 4.90. The predicted octanol–water partition coefficient (Wildman–Crippen LogP) is 0.518. The van der Waals surface area contributed by atoms with E-state index >= 15 is 0 Å². The largest absolute Gasteiger partial charge is 0.480 e. The van der Waals surface area contributed by atoms with E-state index in [-0.39, 0.29) is 30.2 Å². The van der Waals surface area contributed by atoms with Gasteiger partial charge in [-0.05, 0) is 38.4 Å². The number of amides is 2. The van der Waals surface area contributed by atoms with E-state index in [1.807, 2.05) is 0 Å². The Morgan fingerprint density at radius 2 is 2.11 bits per heavy atom. The number of hydrogen-bond donors (Lipinski definition) is 1. The number of piperidine rings is 1. The molecule has 3 rings (SSSR count). The first kappa shape index (κ1) is 20.3. The van der Waals surface area contributed by atoms with Gasteiger partial charge in [0.2, 0.25) is 5.91 Å². The van der Waals surface area contributed by atoms with Gasteiger partial charge in [-0.2, -0.15) is 0 Å². The molecule has 0 spiro atoms. The summed E-state index contributed by atoms with van der Waals surface area (Å²) >= 11 is 0. The van der Waals surface area contributed by atoms with Crippen molar-refractivity contribution in [2.24, 2.45) is 0 Å². The Morgan fingerprint density at radius 3 is 2.82 bits per heavy atom. The lowest BCUT2D eigenvalue weighted by Crippen LogP contribution is -2.57. The third-order valence-corrected chi connectivity index (χ3v) is 5.15. The summed E-state index contributed by atoms with van der Waals surface area (Å²) in [7, 11) is 1.71. The molecule has 28 heavy (non-hydrogen) atoms. The molecule has 0 bridgehead atoms. The van der Waals surface area contributed by atoms with Crippen LogP contribution in [-0.4, -0.2) is 96.1 Å². The average Bonchev–Trinajstić information content (AvgIpc) is 3.21. The van der Waals surface area contributed by atoms with Crippen molar-refractivity contribution in [3.05, 3.63) is 24.2 Å². The third-order valence-electron chi connectivity index (χ3n) is 5.15. The summed E-state index contributed by atoms with van der Waals surface area (Å²) in [5, 5.41) is 8.89. The van der Waals surface area contributed by atoms with Gasteiger partial charge < -0.3 is 24.1 Å². The number of likely N-dealkylation sites (N-methyl/N-ethyl adjacent to an activating group) is 1. The van der Waals surface area contributed by atoms with Crippen LogP contribution in [0, 0.1) is 0 Å². The van der Waals surface area contributed by atoms with Gasteiger partial charge in [-0.3, -0.25) is 19.3 Å². The normalized spacial score (nSPS) is 23.1. The van der Waals surface area contributed by atoms with Gasteiger partial charge in [0.15, 0.2) is 5.76 Å². The fraction of sp³-hybridized carbons (Fsp3) is 0.632. The first-order valence-corrected chi connectivity index (χ1v) is 9.61. The highest BCUT2D eigenvalue weighted by Gasteiger charge is 2.37. The Bertz CT molecular complexity index is 692. The number of carboxylic acids is 1. The van der Waals surface area contributed by atoms with E-state index in [2.05, 4.69) is 0 Å². The van der Waals surface area contributed by atoms with Crippen LogP contribution in [0.2, 0.25) is 0 Å². The molecule has 154 valence electrons. The van der Waals surface area contributed by atoms with E-state index in [9.17, 15) is 14.4 Å². The van der Waals surface area contributed by atoms with Gasteiger partial charge in [-0.15, -0.1) is 0 Å². The first-order chi connectivity index (χ1) is 13.5. The number of morpholine rings is 1. The van der Waals surface area contributed by atoms with Crippen LogP contribution in [-0.2, 0) is 14.3 Å². The minimum absolute atomic E-state index is 0.0752. The minimum atomic E-state index is -0.902. The molecule has 2 aliphatic heterocycles. The van der Waals surface area contributed by atoms with E-state index in [1.165, 1.54) is 6.26 Å². The van der Waals surface area contributed by atoms with Crippen molar-refractivity contribution in [1.29, 1.82) is 0 Å². The van der Waals surface area contributed by atoms with Crippen molar-refractivity contribution in [1.82, 2.24) is 14.7 Å². The van der Waals surface area contributed by atoms with Gasteiger partial charge in [0.05, 0.1) is 25.5 Å². The molecule has 0 aliphatic carbocycles. The van der Waals surface area contributed by atoms with Gasteiger partial charge in [-0.25, -0.2) is 0 Å². The molecule has 1 N–H and O–H groups in total. The van der Waals surface area contributed by atoms with Gasteiger partial charge in [0.1, 0.15) is 6.04 Å². The second-order valence-corrected chi connectivity index (χ2v) is 7.35. The summed E-state index contributed by atoms with van der Waals surface area (Å²) in [5.41, 5.74) is 0. The van der Waals surface area contributed by atoms with Crippen LogP contribution in [0.25, 0.3) is 0 Å². The Kier molecular flexibility index (Phi) is 6.69. The fourth-order valence-electron chi connectivity index (χ4n) is 3.86. The van der Waals surface area contributed by atoms with Gasteiger partial charge in [0, 0.05) is 26.2 Å². The maximum Gasteiger partial charge on any atom is 0.317 e. The number of nitrogens with zero attached hydrogens (tertiary/aromatic N) is 3. The zero-order valence-corrected chi connectivity index (χ0v) is 16.1. The molecule has 2 atom stereocenters. The number of rotatable bonds is 6. The van der Waals surface area contributed by atoms with E-state index < -0.39 is 12.0 Å². The van der Waals surface area contributed by atoms with Crippen LogP contribution in [0.5, 0.6) is 0 Å². The van der Waals surface area contributed by atoms with E-state index in [1.54, 1.807) is 33.9 Å². The average molecular weight is 393 g/mol. The highest BCUT2D eigenvalue weighted by atomic mass is 16.5. The Morgan fingerprint density at radius 1 is 1.29 bits per heavy atom. The van der Waals surface area contributed by atoms with Crippen LogP contribution in [0.15, 0.2) is 22.8 Å². The number of carboxylic acid groups (broad SMARTS) is 1. The minimum Gasteiger partial charge on any atom is -0.480 e. The topological polar surface area (TPSA) is 104 Å². The molecular weight excluding hydrogens is 366 g/mol. The molecule has 3 heterocycles. The highest BCUT2D eigenvalue weighted by Crippen LogP contribution is 2.23. The Hall–Kier alpha value is -2.39. The van der Waals surface area contributed by atoms with Gasteiger partial charge in [-0.1, -0.05) is 0 Å². The van der Waals surface area contributed by atoms with Crippen LogP contribution in [0.3, 0.4) is 0 Å². The maximum absolute atomic E-state index is 13.2. The second-order valence-electron chi connectivity index (χ2n) is 7.35. The number of aliphatic carboxylic acids is 1. The van der Waals surface area contributed by atoms with Crippen molar-refractivity contribution in [3.8, 4) is 0 Å². The number of carbonyl (C=O) groups is 3. The summed E-state index contributed by atoms with van der Waals surface area (Å²) in [6.07, 6.45) is 3.59. The summed E-state index contributed by atoms with van der Waals surface area (Å²) in [4.78, 5) is 41.8. The molecule has 1 aromatic rings. The number of furan rings is 1. The Balaban J connectivity index is 1.63. The molecule has 1 aromatic heterocycles. The summed E-state index contributed by atoms with van der Waals surface area (Å²) < 4.78 is 10.9. The van der Waals surface area contributed by atoms with Gasteiger partial charge >= 0.3 is 5.97 Å². The lowest BCUT2D eigenvalue weighted by molar-refractivity contribution is -0.146. The molecule has 0 saturated carbocycles. The molecule has 0 radical (unpaired) electrons. The SMILES string of the molecule is CN(CC(=O)O)CC1CN(C(=O)C2CCCCN2C(=O)c2ccco2)CCO1. The standard InChI is InChI=1S/C19H27N3O6/c1-20(13-17(23)24)11-14-12-21(8-10-27-14)18(25)15-5-2-3-7-22(15)19(26)16-6-4-9-28-16/h4,6,9,14-15H,2-3,5,7-8,10-13H2,1H3,(H,23,24). The zero-order valence-electron chi connectivity index (χ0n) is 16.1. The molecule has 2 amide bonds. The van der Waals surface area contributed by atoms with E-state index in [4.69, 9.17) is 14.3 Å². The molecule has 9 nitrogen and oxygen atoms in total. The quantitative estimate of drug-likeness (QED) is 0.751. The maximum atomic E-state index is 13.2. The molecular formula is C19H27N3O6. The van der Waals surface area contributed by atoms with E-state index in [0.29, 0.717) is 39.2 Å². The molecule has 2 aliphatic rings. The number of ether oxygens (including phenoxy) is 1. The highest BCUT2D eigenvalue weighted by molar-refractivity contribution is 5.95. The summed E-state index contributed by atoms with van der Waals surface area (Å²) in [6, 6.07) is 2.78. The molecule has 2 unspecified atom stereocenters. The van der Waals surface area contributed by atoms with Crippen molar-refractivity contribution in [3.63, 3.8) is 0 Å². The van der Waals surface area contributed by atoms with Crippen molar-refractivity contribution < 1.29 is 28.6 Å². The summed E-state index contributed by atoms with van der Waals surface area (Å²) in [5.74, 6) is -0.988. The molecule has 2 fully saturated rings. The number of carbonyl (C=O) groups excluding carboxylic acids is 2. The Labute approximate surface area is 163 Å². The lowest BCUT2D eigenvalue weighted by atomic mass is 10.00. The smallest absolute Gasteiger partial charge is 0.317 e. The van der Waals surface area contributed by atoms with Crippen LogP contribution in [0.1, 0.15) is 29.8 Å². The van der Waals surface area contributed by atoms with E-state index in [0.717, 1.165) is 12.8 Å².